The fourth-order valence-electron chi connectivity index (χ4n) is 1.72. The van der Waals surface area contributed by atoms with Crippen LogP contribution in [0.15, 0.2) is 35.4 Å². The summed E-state index contributed by atoms with van der Waals surface area (Å²) < 4.78 is 36.5. The first kappa shape index (κ1) is 11.1. The lowest BCUT2D eigenvalue weighted by molar-refractivity contribution is 0.450. The highest BCUT2D eigenvalue weighted by atomic mass is 32.2. The third kappa shape index (κ3) is 1.81. The van der Waals surface area contributed by atoms with Gasteiger partial charge < -0.3 is 4.57 Å². The van der Waals surface area contributed by atoms with Crippen molar-refractivity contribution < 1.29 is 12.8 Å². The number of alkyl halides is 1. The van der Waals surface area contributed by atoms with Crippen molar-refractivity contribution in [3.63, 3.8) is 0 Å². The van der Waals surface area contributed by atoms with E-state index >= 15 is 0 Å². The summed E-state index contributed by atoms with van der Waals surface area (Å²) in [5.74, 6) is 0. The SMILES string of the molecule is NS(=O)(=O)c1cn(CCF)c2ccccc12. The molecule has 4 nitrogen and oxygen atoms in total. The molecule has 2 rings (SSSR count). The quantitative estimate of drug-likeness (QED) is 0.880. The van der Waals surface area contributed by atoms with Gasteiger partial charge in [0.05, 0.1) is 6.54 Å². The van der Waals surface area contributed by atoms with Crippen LogP contribution in [0.1, 0.15) is 0 Å². The predicted octanol–water partition coefficient (Wildman–Crippen LogP) is 1.26. The van der Waals surface area contributed by atoms with Crippen molar-refractivity contribution in [3.8, 4) is 0 Å². The Morgan fingerprint density at radius 2 is 2.00 bits per heavy atom. The average molecular weight is 242 g/mol. The number of nitrogens with zero attached hydrogens (tertiary/aromatic N) is 1. The monoisotopic (exact) mass is 242 g/mol. The van der Waals surface area contributed by atoms with Gasteiger partial charge in [-0.05, 0) is 6.07 Å². The number of benzene rings is 1. The van der Waals surface area contributed by atoms with Gasteiger partial charge in [-0.25, -0.2) is 17.9 Å². The molecule has 1 aromatic heterocycles. The van der Waals surface area contributed by atoms with Crippen molar-refractivity contribution >= 4 is 20.9 Å². The maximum Gasteiger partial charge on any atom is 0.240 e. The molecule has 0 spiro atoms. The number of aryl methyl sites for hydroxylation is 1. The van der Waals surface area contributed by atoms with Gasteiger partial charge in [-0.1, -0.05) is 18.2 Å². The third-order valence-electron chi connectivity index (χ3n) is 2.38. The second-order valence-corrected chi connectivity index (χ2v) is 4.97. The van der Waals surface area contributed by atoms with Gasteiger partial charge >= 0.3 is 0 Å². The van der Waals surface area contributed by atoms with Crippen LogP contribution in [0.25, 0.3) is 10.9 Å². The molecule has 0 bridgehead atoms. The van der Waals surface area contributed by atoms with Gasteiger partial charge in [0.1, 0.15) is 11.6 Å². The Balaban J connectivity index is 2.77. The molecule has 6 heteroatoms. The molecule has 0 radical (unpaired) electrons. The molecule has 86 valence electrons. The van der Waals surface area contributed by atoms with E-state index in [0.717, 1.165) is 0 Å². The van der Waals surface area contributed by atoms with E-state index in [1.54, 1.807) is 28.8 Å². The van der Waals surface area contributed by atoms with E-state index in [-0.39, 0.29) is 11.4 Å². The second-order valence-electron chi connectivity index (χ2n) is 3.44. The molecule has 0 atom stereocenters. The van der Waals surface area contributed by atoms with E-state index in [4.69, 9.17) is 5.14 Å². The van der Waals surface area contributed by atoms with E-state index in [0.29, 0.717) is 10.9 Å². The van der Waals surface area contributed by atoms with Crippen molar-refractivity contribution in [2.75, 3.05) is 6.67 Å². The highest BCUT2D eigenvalue weighted by Crippen LogP contribution is 2.24. The minimum absolute atomic E-state index is 0.0385. The zero-order valence-corrected chi connectivity index (χ0v) is 9.24. The summed E-state index contributed by atoms with van der Waals surface area (Å²) in [6.45, 7) is -0.432. The molecule has 2 aromatic rings. The summed E-state index contributed by atoms with van der Waals surface area (Å²) in [4.78, 5) is 0.0385. The summed E-state index contributed by atoms with van der Waals surface area (Å²) in [5, 5.41) is 5.62. The number of fused-ring (bicyclic) bond motifs is 1. The molecule has 0 unspecified atom stereocenters. The van der Waals surface area contributed by atoms with Crippen molar-refractivity contribution in [3.05, 3.63) is 30.5 Å². The normalized spacial score (nSPS) is 12.1. The van der Waals surface area contributed by atoms with Crippen molar-refractivity contribution in [1.29, 1.82) is 0 Å². The molecule has 0 fully saturated rings. The molecule has 0 amide bonds. The Morgan fingerprint density at radius 3 is 2.62 bits per heavy atom. The molecule has 0 saturated carbocycles. The Kier molecular flexibility index (Phi) is 2.69. The third-order valence-corrected chi connectivity index (χ3v) is 3.32. The highest BCUT2D eigenvalue weighted by Gasteiger charge is 2.16. The highest BCUT2D eigenvalue weighted by molar-refractivity contribution is 7.89. The molecule has 0 aliphatic heterocycles. The lowest BCUT2D eigenvalue weighted by Gasteiger charge is -1.99. The zero-order chi connectivity index (χ0) is 11.8. The summed E-state index contributed by atoms with van der Waals surface area (Å²) >= 11 is 0. The molecule has 1 heterocycles. The maximum atomic E-state index is 12.3. The number of para-hydroxylation sites is 1. The van der Waals surface area contributed by atoms with Gasteiger partial charge in [-0.3, -0.25) is 0 Å². The summed E-state index contributed by atoms with van der Waals surface area (Å²) in [6.07, 6.45) is 1.37. The van der Waals surface area contributed by atoms with E-state index in [9.17, 15) is 12.8 Å². The number of rotatable bonds is 3. The first-order valence-electron chi connectivity index (χ1n) is 4.70. The molecule has 2 N–H and O–H groups in total. The lowest BCUT2D eigenvalue weighted by Crippen LogP contribution is -2.11. The molecule has 0 saturated heterocycles. The van der Waals surface area contributed by atoms with Crippen LogP contribution in [0.3, 0.4) is 0 Å². The number of sulfonamides is 1. The van der Waals surface area contributed by atoms with E-state index in [2.05, 4.69) is 0 Å². The Hall–Kier alpha value is -1.40. The van der Waals surface area contributed by atoms with Crippen LogP contribution in [0.2, 0.25) is 0 Å². The zero-order valence-electron chi connectivity index (χ0n) is 8.43. The predicted molar refractivity (Wildman–Crippen MR) is 59.3 cm³/mol. The van der Waals surface area contributed by atoms with Crippen LogP contribution in [0.4, 0.5) is 4.39 Å². The van der Waals surface area contributed by atoms with Gasteiger partial charge in [0.15, 0.2) is 0 Å². The lowest BCUT2D eigenvalue weighted by atomic mass is 10.2. The van der Waals surface area contributed by atoms with Crippen LogP contribution < -0.4 is 5.14 Å². The van der Waals surface area contributed by atoms with Gasteiger partial charge in [0, 0.05) is 17.1 Å². The molecule has 1 aromatic carbocycles. The number of nitrogens with two attached hydrogens (primary N) is 1. The second kappa shape index (κ2) is 3.88. The van der Waals surface area contributed by atoms with Crippen LogP contribution >= 0.6 is 0 Å². The molecular formula is C10H11FN2O2S. The molecule has 0 aliphatic rings. The number of halogens is 1. The summed E-state index contributed by atoms with van der Waals surface area (Å²) in [6, 6.07) is 6.88. The first-order valence-corrected chi connectivity index (χ1v) is 6.25. The summed E-state index contributed by atoms with van der Waals surface area (Å²) in [5.41, 5.74) is 0.671. The van der Waals surface area contributed by atoms with Crippen molar-refractivity contribution in [1.82, 2.24) is 4.57 Å². The number of hydrogen-bond acceptors (Lipinski definition) is 2. The summed E-state index contributed by atoms with van der Waals surface area (Å²) in [7, 11) is -3.77. The van der Waals surface area contributed by atoms with Crippen LogP contribution in [0.5, 0.6) is 0 Å². The standard InChI is InChI=1S/C10H11FN2O2S/c11-5-6-13-7-10(16(12,14)15)8-3-1-2-4-9(8)13/h1-4,7H,5-6H2,(H2,12,14,15). The van der Waals surface area contributed by atoms with Gasteiger partial charge in [-0.15, -0.1) is 0 Å². The maximum absolute atomic E-state index is 12.3. The van der Waals surface area contributed by atoms with E-state index in [1.807, 2.05) is 0 Å². The van der Waals surface area contributed by atoms with Gasteiger partial charge in [-0.2, -0.15) is 0 Å². The number of aromatic nitrogens is 1. The fourth-order valence-corrected chi connectivity index (χ4v) is 2.47. The van der Waals surface area contributed by atoms with Crippen molar-refractivity contribution in [2.45, 2.75) is 11.4 Å². The van der Waals surface area contributed by atoms with Crippen LogP contribution in [-0.2, 0) is 16.6 Å². The topological polar surface area (TPSA) is 65.1 Å². The smallest absolute Gasteiger partial charge is 0.240 e. The fraction of sp³-hybridized carbons (Fsp3) is 0.200. The minimum atomic E-state index is -3.77. The Labute approximate surface area is 92.5 Å². The molecule has 0 aliphatic carbocycles. The van der Waals surface area contributed by atoms with Gasteiger partial charge in [0.2, 0.25) is 10.0 Å². The minimum Gasteiger partial charge on any atom is -0.343 e. The molecule has 16 heavy (non-hydrogen) atoms. The Bertz CT molecular complexity index is 619. The largest absolute Gasteiger partial charge is 0.343 e. The molecular weight excluding hydrogens is 231 g/mol. The van der Waals surface area contributed by atoms with Crippen LogP contribution in [-0.4, -0.2) is 19.7 Å². The average Bonchev–Trinajstić information content (AvgIpc) is 2.58. The van der Waals surface area contributed by atoms with E-state index < -0.39 is 16.7 Å². The van der Waals surface area contributed by atoms with Crippen LogP contribution in [0, 0.1) is 0 Å². The number of hydrogen-bond donors (Lipinski definition) is 1. The van der Waals surface area contributed by atoms with Crippen molar-refractivity contribution in [2.24, 2.45) is 5.14 Å². The van der Waals surface area contributed by atoms with Gasteiger partial charge in [0.25, 0.3) is 0 Å². The Morgan fingerprint density at radius 1 is 1.31 bits per heavy atom. The van der Waals surface area contributed by atoms with E-state index in [1.165, 1.54) is 6.20 Å². The number of primary sulfonamides is 1. The first-order chi connectivity index (χ1) is 7.54.